The topological polar surface area (TPSA) is 60.7 Å². The number of amides is 1. The summed E-state index contributed by atoms with van der Waals surface area (Å²) in [6.45, 7) is 3.09. The maximum Gasteiger partial charge on any atom is 0.244 e. The van der Waals surface area contributed by atoms with E-state index in [9.17, 15) is 4.79 Å². The van der Waals surface area contributed by atoms with E-state index >= 15 is 0 Å². The number of furan rings is 1. The molecule has 1 amide bonds. The van der Waals surface area contributed by atoms with Gasteiger partial charge in [0.2, 0.25) is 5.91 Å². The van der Waals surface area contributed by atoms with Gasteiger partial charge in [0, 0.05) is 53.4 Å². The predicted molar refractivity (Wildman–Crippen MR) is 119 cm³/mol. The van der Waals surface area contributed by atoms with Gasteiger partial charge in [-0.2, -0.15) is 0 Å². The van der Waals surface area contributed by atoms with Gasteiger partial charge in [-0.3, -0.25) is 4.79 Å². The molecular formula is C23H24BrNO4. The number of fused-ring (bicyclic) bond motifs is 1. The number of methoxy groups -OCH3 is 2. The Labute approximate surface area is 178 Å². The van der Waals surface area contributed by atoms with Crippen LogP contribution in [0, 0.1) is 0 Å². The Bertz CT molecular complexity index is 1020. The molecule has 0 aliphatic carbocycles. The summed E-state index contributed by atoms with van der Waals surface area (Å²) in [5, 5.41) is 3.84. The Balaban J connectivity index is 1.94. The van der Waals surface area contributed by atoms with Crippen molar-refractivity contribution in [1.29, 1.82) is 0 Å². The zero-order valence-electron chi connectivity index (χ0n) is 16.8. The van der Waals surface area contributed by atoms with Crippen molar-refractivity contribution in [3.63, 3.8) is 0 Å². The van der Waals surface area contributed by atoms with Gasteiger partial charge in [-0.05, 0) is 42.7 Å². The lowest BCUT2D eigenvalue weighted by Crippen LogP contribution is -2.23. The number of hydrogen-bond acceptors (Lipinski definition) is 4. The number of carbonyl (C=O) groups is 1. The van der Waals surface area contributed by atoms with Gasteiger partial charge in [0.15, 0.2) is 0 Å². The molecule has 3 rings (SSSR count). The van der Waals surface area contributed by atoms with Crippen LogP contribution in [0.3, 0.4) is 0 Å². The third-order valence-corrected chi connectivity index (χ3v) is 5.18. The molecule has 0 saturated heterocycles. The molecule has 29 heavy (non-hydrogen) atoms. The number of nitrogens with one attached hydrogen (secondary N) is 1. The van der Waals surface area contributed by atoms with Gasteiger partial charge in [0.25, 0.3) is 0 Å². The summed E-state index contributed by atoms with van der Waals surface area (Å²) in [6, 6.07) is 11.9. The van der Waals surface area contributed by atoms with E-state index in [1.54, 1.807) is 26.6 Å². The number of carbonyl (C=O) groups excluding carboxylic acids is 1. The van der Waals surface area contributed by atoms with Crippen LogP contribution < -0.4 is 10.1 Å². The Morgan fingerprint density at radius 3 is 2.66 bits per heavy atom. The van der Waals surface area contributed by atoms with Crippen LogP contribution in [-0.4, -0.2) is 33.3 Å². The van der Waals surface area contributed by atoms with Crippen molar-refractivity contribution in [3.8, 4) is 16.9 Å². The minimum absolute atomic E-state index is 0.138. The quantitative estimate of drug-likeness (QED) is 0.362. The van der Waals surface area contributed by atoms with E-state index in [0.29, 0.717) is 18.9 Å². The molecule has 0 saturated carbocycles. The lowest BCUT2D eigenvalue weighted by molar-refractivity contribution is -0.116. The normalized spacial score (nSPS) is 11.7. The molecule has 0 atom stereocenters. The first-order valence-corrected chi connectivity index (χ1v) is 10.1. The molecule has 0 radical (unpaired) electrons. The average Bonchev–Trinajstić information content (AvgIpc) is 3.13. The maximum atomic E-state index is 12.2. The standard InChI is InChI=1S/C23H24BrNO4/c1-15(11-23(26)25-9-4-10-27-2)18-12-19-20(16-5-7-17(24)8-6-16)14-29-22(19)13-21(18)28-3/h5-8,11-14H,4,9-10H2,1-3H3,(H,25,26)/b15-11+. The Morgan fingerprint density at radius 1 is 1.21 bits per heavy atom. The molecule has 2 aromatic carbocycles. The zero-order chi connectivity index (χ0) is 20.8. The van der Waals surface area contributed by atoms with E-state index in [-0.39, 0.29) is 5.91 Å². The molecule has 0 aliphatic heterocycles. The summed E-state index contributed by atoms with van der Waals surface area (Å²) < 4.78 is 17.3. The largest absolute Gasteiger partial charge is 0.496 e. The number of hydrogen-bond donors (Lipinski definition) is 1. The van der Waals surface area contributed by atoms with Gasteiger partial charge in [0.05, 0.1) is 13.4 Å². The molecule has 5 nitrogen and oxygen atoms in total. The highest BCUT2D eigenvalue weighted by Gasteiger charge is 2.15. The van der Waals surface area contributed by atoms with Crippen LogP contribution in [0.5, 0.6) is 5.75 Å². The van der Waals surface area contributed by atoms with Gasteiger partial charge < -0.3 is 19.2 Å². The van der Waals surface area contributed by atoms with Gasteiger partial charge in [-0.25, -0.2) is 0 Å². The van der Waals surface area contributed by atoms with Crippen molar-refractivity contribution >= 4 is 38.4 Å². The molecule has 0 spiro atoms. The fourth-order valence-corrected chi connectivity index (χ4v) is 3.40. The second kappa shape index (κ2) is 9.76. The second-order valence-corrected chi connectivity index (χ2v) is 7.59. The first-order valence-electron chi connectivity index (χ1n) is 9.34. The Kier molecular flexibility index (Phi) is 7.12. The van der Waals surface area contributed by atoms with Crippen LogP contribution in [-0.2, 0) is 9.53 Å². The third kappa shape index (κ3) is 5.08. The van der Waals surface area contributed by atoms with E-state index in [4.69, 9.17) is 13.9 Å². The van der Waals surface area contributed by atoms with E-state index in [1.807, 2.05) is 43.3 Å². The molecule has 152 valence electrons. The lowest BCUT2D eigenvalue weighted by Gasteiger charge is -2.10. The molecule has 0 fully saturated rings. The average molecular weight is 458 g/mol. The SMILES string of the molecule is COCCCNC(=O)/C=C(\C)c1cc2c(-c3ccc(Br)cc3)coc2cc1OC. The van der Waals surface area contributed by atoms with Crippen molar-refractivity contribution in [2.24, 2.45) is 0 Å². The first kappa shape index (κ1) is 21.1. The maximum absolute atomic E-state index is 12.2. The van der Waals surface area contributed by atoms with Crippen molar-refractivity contribution in [2.45, 2.75) is 13.3 Å². The monoisotopic (exact) mass is 457 g/mol. The number of ether oxygens (including phenoxy) is 2. The fraction of sp³-hybridized carbons (Fsp3) is 0.261. The van der Waals surface area contributed by atoms with E-state index in [1.165, 1.54) is 0 Å². The van der Waals surface area contributed by atoms with Crippen molar-refractivity contribution in [1.82, 2.24) is 5.32 Å². The highest BCUT2D eigenvalue weighted by Crippen LogP contribution is 2.37. The summed E-state index contributed by atoms with van der Waals surface area (Å²) in [6.07, 6.45) is 4.12. The number of allylic oxidation sites excluding steroid dienone is 1. The summed E-state index contributed by atoms with van der Waals surface area (Å²) >= 11 is 3.47. The van der Waals surface area contributed by atoms with E-state index < -0.39 is 0 Å². The van der Waals surface area contributed by atoms with Crippen LogP contribution >= 0.6 is 15.9 Å². The van der Waals surface area contributed by atoms with Gasteiger partial charge in [-0.1, -0.05) is 28.1 Å². The highest BCUT2D eigenvalue weighted by atomic mass is 79.9. The van der Waals surface area contributed by atoms with E-state index in [0.717, 1.165) is 44.1 Å². The van der Waals surface area contributed by atoms with Gasteiger partial charge in [-0.15, -0.1) is 0 Å². The molecule has 3 aromatic rings. The van der Waals surface area contributed by atoms with Crippen molar-refractivity contribution < 1.29 is 18.7 Å². The van der Waals surface area contributed by atoms with Crippen molar-refractivity contribution in [2.75, 3.05) is 27.4 Å². The minimum Gasteiger partial charge on any atom is -0.496 e. The molecule has 0 aliphatic rings. The summed E-state index contributed by atoms with van der Waals surface area (Å²) in [5.41, 5.74) is 4.46. The Morgan fingerprint density at radius 2 is 1.97 bits per heavy atom. The molecular weight excluding hydrogens is 434 g/mol. The molecule has 1 aromatic heterocycles. The van der Waals surface area contributed by atoms with E-state index in [2.05, 4.69) is 21.2 Å². The number of rotatable bonds is 8. The van der Waals surface area contributed by atoms with Crippen LogP contribution in [0.2, 0.25) is 0 Å². The minimum atomic E-state index is -0.138. The van der Waals surface area contributed by atoms with Crippen LogP contribution in [0.25, 0.3) is 27.7 Å². The van der Waals surface area contributed by atoms with Crippen molar-refractivity contribution in [3.05, 3.63) is 58.8 Å². The predicted octanol–water partition coefficient (Wildman–Crippen LogP) is 5.43. The van der Waals surface area contributed by atoms with Crippen LogP contribution in [0.15, 0.2) is 57.6 Å². The third-order valence-electron chi connectivity index (χ3n) is 4.65. The highest BCUT2D eigenvalue weighted by molar-refractivity contribution is 9.10. The second-order valence-electron chi connectivity index (χ2n) is 6.67. The molecule has 0 unspecified atom stereocenters. The smallest absolute Gasteiger partial charge is 0.244 e. The zero-order valence-corrected chi connectivity index (χ0v) is 18.3. The summed E-state index contributed by atoms with van der Waals surface area (Å²) in [7, 11) is 3.26. The lowest BCUT2D eigenvalue weighted by atomic mass is 9.99. The van der Waals surface area contributed by atoms with Crippen LogP contribution in [0.4, 0.5) is 0 Å². The van der Waals surface area contributed by atoms with Crippen LogP contribution in [0.1, 0.15) is 18.9 Å². The number of benzene rings is 2. The Hall–Kier alpha value is -2.57. The molecule has 0 bridgehead atoms. The van der Waals surface area contributed by atoms with Gasteiger partial charge in [0.1, 0.15) is 11.3 Å². The summed E-state index contributed by atoms with van der Waals surface area (Å²) in [4.78, 5) is 12.2. The molecule has 6 heteroatoms. The van der Waals surface area contributed by atoms with Gasteiger partial charge >= 0.3 is 0 Å². The molecule has 1 heterocycles. The summed E-state index contributed by atoms with van der Waals surface area (Å²) in [5.74, 6) is 0.524. The first-order chi connectivity index (χ1) is 14.0. The number of halogens is 1. The fourth-order valence-electron chi connectivity index (χ4n) is 3.14. The molecule has 1 N–H and O–H groups in total.